The zero-order chi connectivity index (χ0) is 70.3. The summed E-state index contributed by atoms with van der Waals surface area (Å²) in [5.41, 5.74) is 6.15. The zero-order valence-corrected chi connectivity index (χ0v) is 57.6. The van der Waals surface area contributed by atoms with Gasteiger partial charge in [-0.05, 0) is 87.8 Å². The number of allylic oxidation sites excluding steroid dienone is 3. The molecule has 26 nitrogen and oxygen atoms in total. The third kappa shape index (κ3) is 19.5. The van der Waals surface area contributed by atoms with E-state index in [-0.39, 0.29) is 102 Å². The molecule has 3 saturated heterocycles. The number of primary amides is 1. The molecule has 6 N–H and O–H groups in total. The molecule has 28 heteroatoms. The summed E-state index contributed by atoms with van der Waals surface area (Å²) in [6.07, 6.45) is 2.90. The Morgan fingerprint density at radius 1 is 0.969 bits per heavy atom. The molecular formula is C68H89ClN8O18S. The van der Waals surface area contributed by atoms with E-state index in [2.05, 4.69) is 20.9 Å². The van der Waals surface area contributed by atoms with Crippen molar-refractivity contribution in [2.75, 3.05) is 65.6 Å². The van der Waals surface area contributed by atoms with Crippen LogP contribution in [0.25, 0.3) is 10.9 Å². The Morgan fingerprint density at radius 2 is 1.68 bits per heavy atom. The zero-order valence-electron chi connectivity index (χ0n) is 56.0. The maximum Gasteiger partial charge on any atom is 0.335 e. The maximum absolute atomic E-state index is 14.7. The molecule has 3 fully saturated rings. The molecule has 4 bridgehead atoms. The first kappa shape index (κ1) is 75.6. The Hall–Kier alpha value is -7.79. The number of urea groups is 1. The lowest BCUT2D eigenvalue weighted by atomic mass is 9.78. The van der Waals surface area contributed by atoms with Crippen LogP contribution >= 0.6 is 23.8 Å². The molecule has 10 atom stereocenters. The molecule has 0 radical (unpaired) electrons. The van der Waals surface area contributed by atoms with Crippen molar-refractivity contribution in [2.24, 2.45) is 23.5 Å². The van der Waals surface area contributed by atoms with Crippen LogP contribution in [0, 0.1) is 24.7 Å². The number of nitrogens with zero attached hydrogens (tertiary/aromatic N) is 4. The number of fused-ring (bicyclic) bond motifs is 6. The van der Waals surface area contributed by atoms with Crippen LogP contribution in [0.5, 0.6) is 0 Å². The Bertz CT molecular complexity index is 3480. The van der Waals surface area contributed by atoms with Gasteiger partial charge >= 0.3 is 23.9 Å². The standard InChI is InChI=1S/C68H89ClN8O18S/c1-38(2)47(34-54(96)71-25-27-91-29-28-90-26-22-58(82)95-77-55(79)20-21-56(77)80)63(84)74-48(16-13-24-73-66(70)87)50(78)33-44-18-19-46(45-15-12-23-72-61(44)45)64(85)75(8)42(6)65(86)93-53-35-57(81)76(9)49-32-43(31-40(4)60(49)69)30-39(3)14-11-17-52(89-10)68(88)36-51(92-59(83)37-68)41(5)62-67(53,7)94-62/h11-12,14-15,17-19,23,31-32,38,41-42,47-48,51-53,62,88H,13,16,20-22,24-30,33-37H2,1-10H3,(H,71,96)(H,74,84)(H3,70,73,87)/b17-11+,39-14+/t41-,42+,47+,48+,51+,52-,53+,62+,67+,68-/m1/s1. The van der Waals surface area contributed by atoms with Gasteiger partial charge in [-0.3, -0.25) is 38.5 Å². The van der Waals surface area contributed by atoms with Crippen molar-refractivity contribution in [3.05, 3.63) is 93.7 Å². The molecule has 0 aliphatic carbocycles. The highest BCUT2D eigenvalue weighted by Gasteiger charge is 2.64. The van der Waals surface area contributed by atoms with Crippen LogP contribution in [0.15, 0.2) is 66.4 Å². The van der Waals surface area contributed by atoms with Crippen LogP contribution in [0.1, 0.15) is 126 Å². The third-order valence-electron chi connectivity index (χ3n) is 18.0. The fraction of sp³-hybridized carbons (Fsp3) is 0.559. The summed E-state index contributed by atoms with van der Waals surface area (Å²) >= 11 is 12.5. The third-order valence-corrected chi connectivity index (χ3v) is 18.8. The van der Waals surface area contributed by atoms with E-state index in [9.17, 15) is 53.1 Å². The smallest absolute Gasteiger partial charge is 0.335 e. The van der Waals surface area contributed by atoms with Crippen molar-refractivity contribution in [1.82, 2.24) is 30.9 Å². The van der Waals surface area contributed by atoms with E-state index in [0.29, 0.717) is 50.2 Å². The minimum atomic E-state index is -1.66. The monoisotopic (exact) mass is 1370 g/mol. The van der Waals surface area contributed by atoms with Gasteiger partial charge in [-0.15, -0.1) is 5.06 Å². The van der Waals surface area contributed by atoms with Gasteiger partial charge in [0.05, 0.1) is 79.1 Å². The fourth-order valence-electron chi connectivity index (χ4n) is 12.1. The van der Waals surface area contributed by atoms with Gasteiger partial charge in [0, 0.05) is 95.4 Å². The van der Waals surface area contributed by atoms with Crippen molar-refractivity contribution < 1.29 is 86.3 Å². The first-order valence-electron chi connectivity index (χ1n) is 32.2. The molecule has 2 aromatic carbocycles. The van der Waals surface area contributed by atoms with Gasteiger partial charge in [0.15, 0.2) is 5.78 Å². The van der Waals surface area contributed by atoms with E-state index in [0.717, 1.165) is 16.7 Å². The van der Waals surface area contributed by atoms with Gasteiger partial charge < -0.3 is 69.8 Å². The number of aliphatic hydroxyl groups is 1. The number of aryl methyl sites for hydroxylation is 1. The van der Waals surface area contributed by atoms with Gasteiger partial charge in [0.2, 0.25) is 11.8 Å². The number of carbonyl (C=O) groups excluding carboxylic acids is 10. The van der Waals surface area contributed by atoms with E-state index in [1.54, 1.807) is 51.2 Å². The fourth-order valence-corrected chi connectivity index (χ4v) is 12.6. The summed E-state index contributed by atoms with van der Waals surface area (Å²) in [5.74, 6) is -6.83. The molecule has 96 heavy (non-hydrogen) atoms. The Labute approximate surface area is 568 Å². The van der Waals surface area contributed by atoms with Crippen LogP contribution < -0.4 is 26.6 Å². The number of pyridine rings is 1. The lowest BCUT2D eigenvalue weighted by Crippen LogP contribution is -2.53. The van der Waals surface area contributed by atoms with Crippen LogP contribution in [-0.4, -0.2) is 193 Å². The summed E-state index contributed by atoms with van der Waals surface area (Å²) in [4.78, 5) is 145. The summed E-state index contributed by atoms with van der Waals surface area (Å²) in [5, 5.41) is 21.8. The van der Waals surface area contributed by atoms with E-state index in [1.165, 1.54) is 43.1 Å². The number of hydroxylamine groups is 2. The van der Waals surface area contributed by atoms with Gasteiger partial charge in [0.1, 0.15) is 35.6 Å². The Morgan fingerprint density at radius 3 is 2.36 bits per heavy atom. The number of hydrogen-bond acceptors (Lipinski definition) is 20. The number of thiocarbonyl (C=S) groups is 1. The SMILES string of the molecule is CO[C@@H]1/C=C/C=C(\C)Cc2cc(C)c(Cl)c(c2)N(C)C(=O)C[C@H](OC(=O)[C@H](C)N(C)C(=O)c2ccc(CC(=O)[C@H](CCCNC(N)=O)NC(=O)[C@@H](CC(=S)NCCOCCOCCC(=O)ON3C(=O)CCC3=O)C(C)C)c3ncccc23)[C@]2(C)O[C@H]2[C@H](C)[C@@H]2C[C@@]1(O)CC(=O)O2. The molecular weight excluding hydrogens is 1280 g/mol. The number of Topliss-reactive ketones (excluding diaryl/α,β-unsaturated/α-hetero) is 1. The highest BCUT2D eigenvalue weighted by Crippen LogP contribution is 2.50. The Kier molecular flexibility index (Phi) is 26.7. The molecule has 7 rings (SSSR count). The number of nitrogens with two attached hydrogens (primary N) is 1. The van der Waals surface area contributed by atoms with Crippen molar-refractivity contribution >= 4 is 105 Å². The molecule has 0 unspecified atom stereocenters. The van der Waals surface area contributed by atoms with E-state index in [1.807, 2.05) is 45.9 Å². The van der Waals surface area contributed by atoms with Crippen LogP contribution in [0.3, 0.4) is 0 Å². The molecule has 522 valence electrons. The van der Waals surface area contributed by atoms with Crippen molar-refractivity contribution in [1.29, 1.82) is 0 Å². The van der Waals surface area contributed by atoms with Crippen LogP contribution in [0.2, 0.25) is 5.02 Å². The number of esters is 2. The van der Waals surface area contributed by atoms with Gasteiger partial charge in [-0.2, -0.15) is 0 Å². The number of imide groups is 1. The molecule has 0 spiro atoms. The number of amides is 7. The number of halogens is 1. The second kappa shape index (κ2) is 33.9. The largest absolute Gasteiger partial charge is 0.462 e. The number of benzene rings is 2. The quantitative estimate of drug-likeness (QED) is 0.0204. The van der Waals surface area contributed by atoms with Crippen molar-refractivity contribution in [3.63, 3.8) is 0 Å². The number of ether oxygens (including phenoxy) is 6. The molecule has 7 amide bonds. The number of ketones is 1. The first-order chi connectivity index (χ1) is 45.5. The molecule has 4 aliphatic heterocycles. The van der Waals surface area contributed by atoms with E-state index < -0.39 is 125 Å². The van der Waals surface area contributed by atoms with Crippen molar-refractivity contribution in [3.8, 4) is 0 Å². The minimum Gasteiger partial charge on any atom is -0.462 e. The predicted molar refractivity (Wildman–Crippen MR) is 356 cm³/mol. The van der Waals surface area contributed by atoms with E-state index >= 15 is 0 Å². The molecule has 1 aromatic heterocycles. The number of nitrogens with one attached hydrogen (secondary N) is 3. The number of methoxy groups -OCH3 is 1. The lowest BCUT2D eigenvalue weighted by Gasteiger charge is -2.41. The summed E-state index contributed by atoms with van der Waals surface area (Å²) in [6, 6.07) is 7.08. The number of anilines is 1. The second-order valence-corrected chi connectivity index (χ2v) is 26.4. The molecule has 4 aliphatic rings. The number of likely N-dealkylation sites (N-methyl/N-ethyl adjacent to an activating group) is 1. The second-order valence-electron chi connectivity index (χ2n) is 25.5. The van der Waals surface area contributed by atoms with Gasteiger partial charge in [0.25, 0.3) is 17.7 Å². The predicted octanol–water partition coefficient (Wildman–Crippen LogP) is 5.58. The molecule has 5 heterocycles. The summed E-state index contributed by atoms with van der Waals surface area (Å²) in [7, 11) is 4.46. The topological polar surface area (TPSA) is 344 Å². The maximum atomic E-state index is 14.7. The number of rotatable bonds is 27. The Balaban J connectivity index is 1.02. The van der Waals surface area contributed by atoms with Crippen molar-refractivity contribution in [2.45, 2.75) is 167 Å². The van der Waals surface area contributed by atoms with Crippen LogP contribution in [0.4, 0.5) is 10.5 Å². The first-order valence-corrected chi connectivity index (χ1v) is 33.0. The normalized spacial score (nSPS) is 24.0. The highest BCUT2D eigenvalue weighted by molar-refractivity contribution is 7.80. The lowest BCUT2D eigenvalue weighted by molar-refractivity contribution is -0.198. The van der Waals surface area contributed by atoms with E-state index in [4.69, 9.17) is 62.8 Å². The number of epoxide rings is 1. The summed E-state index contributed by atoms with van der Waals surface area (Å²) in [6.45, 7) is 13.4. The van der Waals surface area contributed by atoms with Crippen LogP contribution in [-0.2, 0) is 84.5 Å². The van der Waals surface area contributed by atoms with Gasteiger partial charge in [-0.25, -0.2) is 14.4 Å². The molecule has 3 aromatic rings. The number of aromatic nitrogens is 1. The average Bonchev–Trinajstić information content (AvgIpc) is 1.56. The minimum absolute atomic E-state index is 0.00788. The summed E-state index contributed by atoms with van der Waals surface area (Å²) < 4.78 is 35.4. The number of hydrogen-bond donors (Lipinski definition) is 5. The average molecular weight is 1370 g/mol. The number of carbonyl (C=O) groups is 10. The highest BCUT2D eigenvalue weighted by atomic mass is 35.5. The van der Waals surface area contributed by atoms with Gasteiger partial charge in [-0.1, -0.05) is 86.6 Å². The molecule has 0 saturated carbocycles.